The number of rotatable bonds is 8. The Labute approximate surface area is 400 Å². The second kappa shape index (κ2) is 17.5. The molecule has 348 valence electrons. The summed E-state index contributed by atoms with van der Waals surface area (Å²) in [5.41, 5.74) is 5.14. The van der Waals surface area contributed by atoms with Gasteiger partial charge in [-0.05, 0) is 109 Å². The number of hydrogen-bond donors (Lipinski definition) is 4. The third-order valence-electron chi connectivity index (χ3n) is 15.0. The Bertz CT molecular complexity index is 2770. The van der Waals surface area contributed by atoms with Crippen LogP contribution in [-0.2, 0) is 26.3 Å². The summed E-state index contributed by atoms with van der Waals surface area (Å²) in [6.07, 6.45) is 4.39. The molecule has 5 aliphatic heterocycles. The molecular formula is C53H55Cl2FN6O5. The van der Waals surface area contributed by atoms with Crippen LogP contribution in [0.25, 0.3) is 0 Å². The molecule has 1 unspecified atom stereocenters. The van der Waals surface area contributed by atoms with Gasteiger partial charge in [0.25, 0.3) is 5.91 Å². The van der Waals surface area contributed by atoms with Crippen molar-refractivity contribution in [3.8, 4) is 17.6 Å². The lowest BCUT2D eigenvalue weighted by Gasteiger charge is -2.39. The number of methoxy groups -OCH3 is 1. The lowest BCUT2D eigenvalue weighted by molar-refractivity contribution is -0.137. The van der Waals surface area contributed by atoms with Gasteiger partial charge in [0.15, 0.2) is 0 Å². The quantitative estimate of drug-likeness (QED) is 0.102. The van der Waals surface area contributed by atoms with E-state index >= 15 is 4.39 Å². The Balaban J connectivity index is 0.851. The van der Waals surface area contributed by atoms with E-state index in [1.165, 1.54) is 6.07 Å². The van der Waals surface area contributed by atoms with E-state index < -0.39 is 35.1 Å². The molecule has 10 rings (SSSR count). The van der Waals surface area contributed by atoms with Crippen molar-refractivity contribution in [3.05, 3.63) is 116 Å². The van der Waals surface area contributed by atoms with Crippen molar-refractivity contribution in [2.45, 2.75) is 95.3 Å². The molecular weight excluding hydrogens is 891 g/mol. The third-order valence-corrected chi connectivity index (χ3v) is 15.6. The fourth-order valence-corrected chi connectivity index (χ4v) is 12.2. The van der Waals surface area contributed by atoms with Gasteiger partial charge in [-0.2, -0.15) is 0 Å². The number of carbonyl (C=O) groups excluding carboxylic acids is 4. The molecule has 1 spiro atoms. The highest BCUT2D eigenvalue weighted by molar-refractivity contribution is 6.31. The van der Waals surface area contributed by atoms with Gasteiger partial charge in [0.05, 0.1) is 23.9 Å². The van der Waals surface area contributed by atoms with E-state index in [4.69, 9.17) is 27.9 Å². The largest absolute Gasteiger partial charge is 0.494 e. The maximum Gasteiger partial charge on any atom is 0.255 e. The van der Waals surface area contributed by atoms with E-state index in [9.17, 15) is 19.2 Å². The minimum atomic E-state index is -0.830. The average Bonchev–Trinajstić information content (AvgIpc) is 3.74. The maximum absolute atomic E-state index is 16.4. The second-order valence-electron chi connectivity index (χ2n) is 20.4. The number of nitrogens with one attached hydrogen (secondary N) is 4. The Morgan fingerprint density at radius 3 is 2.64 bits per heavy atom. The second-order valence-corrected chi connectivity index (χ2v) is 21.2. The molecule has 4 aromatic rings. The zero-order chi connectivity index (χ0) is 46.9. The van der Waals surface area contributed by atoms with Crippen LogP contribution in [-0.4, -0.2) is 73.4 Å². The van der Waals surface area contributed by atoms with Crippen LogP contribution in [0.4, 0.5) is 21.5 Å². The SMILES string of the molecule is COc1cc(N2CCC[C@H]([C@H]3C[C@H]3C#Cc3cccc4c3CN(C3CCC(=O)NC3=O)C4=O)C2)ccc1NC(=O)[C@@H]1N[C@@H](CC(C)(C)C)[C@@]2(CNc3cc(Cl)ccc32)[C@H]1c1cccc(Cl)c1F. The van der Waals surface area contributed by atoms with Crippen molar-refractivity contribution in [2.24, 2.45) is 23.2 Å². The van der Waals surface area contributed by atoms with E-state index in [0.717, 1.165) is 60.4 Å². The van der Waals surface area contributed by atoms with Crippen LogP contribution >= 0.6 is 23.2 Å². The minimum Gasteiger partial charge on any atom is -0.494 e. The van der Waals surface area contributed by atoms with E-state index in [1.807, 2.05) is 48.5 Å². The number of nitrogens with zero attached hydrogens (tertiary/aromatic N) is 2. The Morgan fingerprint density at radius 1 is 1.03 bits per heavy atom. The molecule has 0 bridgehead atoms. The average molecular weight is 946 g/mol. The minimum absolute atomic E-state index is 0.00566. The van der Waals surface area contributed by atoms with Gasteiger partial charge in [0, 0.05) is 89.5 Å². The van der Waals surface area contributed by atoms with Crippen LogP contribution in [0.1, 0.15) is 97.8 Å². The van der Waals surface area contributed by atoms with Crippen molar-refractivity contribution in [3.63, 3.8) is 0 Å². The zero-order valence-corrected chi connectivity index (χ0v) is 39.6. The molecule has 8 atom stereocenters. The van der Waals surface area contributed by atoms with Crippen molar-refractivity contribution >= 4 is 63.9 Å². The molecule has 4 amide bonds. The number of halogens is 3. The molecule has 3 saturated heterocycles. The molecule has 67 heavy (non-hydrogen) atoms. The van der Waals surface area contributed by atoms with Gasteiger partial charge >= 0.3 is 0 Å². The first-order valence-corrected chi connectivity index (χ1v) is 24.1. The lowest BCUT2D eigenvalue weighted by Crippen LogP contribution is -2.52. The van der Waals surface area contributed by atoms with Crippen LogP contribution in [0.15, 0.2) is 72.8 Å². The van der Waals surface area contributed by atoms with Gasteiger partial charge in [0.2, 0.25) is 17.7 Å². The summed E-state index contributed by atoms with van der Waals surface area (Å²) in [5.74, 6) is 6.21. The number of imide groups is 1. The van der Waals surface area contributed by atoms with Gasteiger partial charge < -0.3 is 30.5 Å². The third kappa shape index (κ3) is 8.31. The van der Waals surface area contributed by atoms with Gasteiger partial charge in [-0.3, -0.25) is 24.5 Å². The highest BCUT2D eigenvalue weighted by Gasteiger charge is 2.61. The monoisotopic (exact) mass is 944 g/mol. The number of amides is 4. The van der Waals surface area contributed by atoms with Gasteiger partial charge in [-0.1, -0.05) is 80.1 Å². The number of ether oxygens (including phenoxy) is 1. The van der Waals surface area contributed by atoms with Gasteiger partial charge in [0.1, 0.15) is 17.6 Å². The topological polar surface area (TPSA) is 132 Å². The summed E-state index contributed by atoms with van der Waals surface area (Å²) in [7, 11) is 1.60. The number of carbonyl (C=O) groups is 4. The molecule has 0 radical (unpaired) electrons. The normalized spacial score (nSPS) is 27.5. The Morgan fingerprint density at radius 2 is 1.85 bits per heavy atom. The molecule has 6 aliphatic rings. The summed E-state index contributed by atoms with van der Waals surface area (Å²) in [5, 5.41) is 13.5. The Kier molecular flexibility index (Phi) is 11.8. The molecule has 5 heterocycles. The van der Waals surface area contributed by atoms with Crippen LogP contribution in [0.2, 0.25) is 10.0 Å². The highest BCUT2D eigenvalue weighted by atomic mass is 35.5. The molecule has 4 N–H and O–H groups in total. The molecule has 14 heteroatoms. The first-order chi connectivity index (χ1) is 32.1. The fourth-order valence-electron chi connectivity index (χ4n) is 11.8. The van der Waals surface area contributed by atoms with E-state index in [2.05, 4.69) is 58.8 Å². The molecule has 4 fully saturated rings. The van der Waals surface area contributed by atoms with E-state index in [-0.39, 0.29) is 46.5 Å². The summed E-state index contributed by atoms with van der Waals surface area (Å²) in [6.45, 7) is 9.05. The van der Waals surface area contributed by atoms with E-state index in [0.29, 0.717) is 65.4 Å². The first kappa shape index (κ1) is 45.2. The smallest absolute Gasteiger partial charge is 0.255 e. The van der Waals surface area contributed by atoms with Crippen molar-refractivity contribution in [1.82, 2.24) is 15.5 Å². The number of anilines is 3. The lowest BCUT2D eigenvalue weighted by atomic mass is 9.63. The standard InChI is InChI=1S/C53H55Cl2FN6O5/c1-52(2,3)25-44-53(28-57-41-23-32(54)15-17-38(41)53)46(35-11-6-12-39(55)47(35)56)48(59-44)50(65)58-40-18-16-33(24-43(40)67-4)61-21-7-9-31(26-61)36-22-30(36)14-13-29-8-5-10-34-37(29)27-62(51(34)66)42-19-20-45(63)60-49(42)64/h5-6,8,10-12,15-18,23-24,30-31,36,42,44,46,48,57,59H,7,9,19-22,25-28H2,1-4H3,(H,58,65)(H,60,63,64)/t30-,31+,36+,42?,44+,46+,48-,53+/m1/s1. The predicted molar refractivity (Wildman–Crippen MR) is 258 cm³/mol. The summed E-state index contributed by atoms with van der Waals surface area (Å²) < 4.78 is 22.3. The Hall–Kier alpha value is -5.61. The molecule has 0 aromatic heterocycles. The highest BCUT2D eigenvalue weighted by Crippen LogP contribution is 2.57. The molecule has 11 nitrogen and oxygen atoms in total. The first-order valence-electron chi connectivity index (χ1n) is 23.4. The summed E-state index contributed by atoms with van der Waals surface area (Å²) in [6, 6.07) is 20.6. The number of fused-ring (bicyclic) bond motifs is 3. The summed E-state index contributed by atoms with van der Waals surface area (Å²) >= 11 is 13.0. The van der Waals surface area contributed by atoms with Gasteiger partial charge in [-0.15, -0.1) is 0 Å². The van der Waals surface area contributed by atoms with E-state index in [1.54, 1.807) is 30.2 Å². The molecule has 1 aliphatic carbocycles. The summed E-state index contributed by atoms with van der Waals surface area (Å²) in [4.78, 5) is 56.5. The van der Waals surface area contributed by atoms with Crippen LogP contribution < -0.4 is 30.9 Å². The van der Waals surface area contributed by atoms with Crippen LogP contribution in [0.3, 0.4) is 0 Å². The van der Waals surface area contributed by atoms with Crippen LogP contribution in [0.5, 0.6) is 5.75 Å². The van der Waals surface area contributed by atoms with Crippen molar-refractivity contribution in [2.75, 3.05) is 42.3 Å². The molecule has 1 saturated carbocycles. The van der Waals surface area contributed by atoms with Gasteiger partial charge in [-0.25, -0.2) is 4.39 Å². The van der Waals surface area contributed by atoms with Crippen LogP contribution in [0, 0.1) is 40.8 Å². The number of benzene rings is 4. The predicted octanol–water partition coefficient (Wildman–Crippen LogP) is 8.67. The zero-order valence-electron chi connectivity index (χ0n) is 38.1. The number of hydrogen-bond acceptors (Lipinski definition) is 8. The molecule has 4 aromatic carbocycles. The fraction of sp³-hybridized carbons (Fsp3) is 0.434. The van der Waals surface area contributed by atoms with Crippen molar-refractivity contribution in [1.29, 1.82) is 0 Å². The maximum atomic E-state index is 16.4. The van der Waals surface area contributed by atoms with Crippen molar-refractivity contribution < 1.29 is 28.3 Å². The number of piperidine rings is 2.